The number of nitrogens with zero attached hydrogens (tertiary/aromatic N) is 2. The predicted molar refractivity (Wildman–Crippen MR) is 95.5 cm³/mol. The molecule has 4 rings (SSSR count). The third-order valence-corrected chi connectivity index (χ3v) is 5.57. The third-order valence-electron chi connectivity index (χ3n) is 5.57. The second-order valence-corrected chi connectivity index (χ2v) is 7.10. The van der Waals surface area contributed by atoms with E-state index < -0.39 is 0 Å². The number of rotatable bonds is 5. The van der Waals surface area contributed by atoms with Gasteiger partial charge in [0.1, 0.15) is 5.75 Å². The number of nitrogens with one attached hydrogen (secondary N) is 1. The minimum Gasteiger partial charge on any atom is -0.496 e. The number of para-hydroxylation sites is 1. The van der Waals surface area contributed by atoms with E-state index in [-0.39, 0.29) is 17.9 Å². The van der Waals surface area contributed by atoms with E-state index in [2.05, 4.69) is 21.2 Å². The van der Waals surface area contributed by atoms with Crippen LogP contribution in [0.3, 0.4) is 0 Å². The Morgan fingerprint density at radius 3 is 2.88 bits per heavy atom. The molecule has 1 fully saturated rings. The highest BCUT2D eigenvalue weighted by molar-refractivity contribution is 5.79. The number of carbonyl (C=O) groups excluding carboxylic acids is 1. The number of hydrogen-bond acceptors (Lipinski definition) is 3. The van der Waals surface area contributed by atoms with Crippen LogP contribution < -0.4 is 10.1 Å². The molecular formula is C20H25N3O2. The van der Waals surface area contributed by atoms with Gasteiger partial charge in [-0.3, -0.25) is 9.48 Å². The first kappa shape index (κ1) is 16.2. The van der Waals surface area contributed by atoms with E-state index in [0.717, 1.165) is 43.4 Å². The zero-order valence-corrected chi connectivity index (χ0v) is 14.7. The summed E-state index contributed by atoms with van der Waals surface area (Å²) in [5, 5.41) is 7.87. The quantitative estimate of drug-likeness (QED) is 0.910. The van der Waals surface area contributed by atoms with Crippen molar-refractivity contribution in [2.45, 2.75) is 51.1 Å². The van der Waals surface area contributed by atoms with Gasteiger partial charge in [0, 0.05) is 22.7 Å². The first-order chi connectivity index (χ1) is 12.3. The fourth-order valence-electron chi connectivity index (χ4n) is 3.86. The Labute approximate surface area is 148 Å². The molecule has 0 unspecified atom stereocenters. The van der Waals surface area contributed by atoms with E-state index in [9.17, 15) is 4.79 Å². The van der Waals surface area contributed by atoms with E-state index in [4.69, 9.17) is 4.74 Å². The highest BCUT2D eigenvalue weighted by Gasteiger charge is 2.30. The average molecular weight is 339 g/mol. The molecule has 2 aliphatic rings. The summed E-state index contributed by atoms with van der Waals surface area (Å²) in [6.45, 7) is 0.697. The van der Waals surface area contributed by atoms with Gasteiger partial charge in [-0.2, -0.15) is 5.10 Å². The van der Waals surface area contributed by atoms with Crippen molar-refractivity contribution >= 4 is 5.91 Å². The lowest BCUT2D eigenvalue weighted by Crippen LogP contribution is -2.38. The largest absolute Gasteiger partial charge is 0.496 e. The van der Waals surface area contributed by atoms with Gasteiger partial charge in [-0.1, -0.05) is 24.6 Å². The number of hydrogen-bond donors (Lipinski definition) is 1. The maximum Gasteiger partial charge on any atom is 0.223 e. The number of ether oxygens (including phenoxy) is 1. The SMILES string of the molecule is COc1ccccc1Cn1ncc2c1CCC[C@@H]2NC(=O)C1CCC1. The second-order valence-electron chi connectivity index (χ2n) is 7.10. The van der Waals surface area contributed by atoms with Crippen molar-refractivity contribution in [1.29, 1.82) is 0 Å². The Balaban J connectivity index is 1.53. The molecule has 132 valence electrons. The van der Waals surface area contributed by atoms with Gasteiger partial charge in [0.25, 0.3) is 0 Å². The lowest BCUT2D eigenvalue weighted by molar-refractivity contribution is -0.128. The summed E-state index contributed by atoms with van der Waals surface area (Å²) in [6, 6.07) is 8.17. The number of methoxy groups -OCH3 is 1. The van der Waals surface area contributed by atoms with Gasteiger partial charge < -0.3 is 10.1 Å². The molecule has 1 heterocycles. The second kappa shape index (κ2) is 6.90. The predicted octanol–water partition coefficient (Wildman–Crippen LogP) is 3.23. The first-order valence-electron chi connectivity index (χ1n) is 9.23. The van der Waals surface area contributed by atoms with E-state index >= 15 is 0 Å². The molecule has 1 aromatic heterocycles. The molecule has 2 aromatic rings. The first-order valence-corrected chi connectivity index (χ1v) is 9.23. The maximum absolute atomic E-state index is 12.3. The van der Waals surface area contributed by atoms with Crippen molar-refractivity contribution in [3.63, 3.8) is 0 Å². The Hall–Kier alpha value is -2.30. The van der Waals surface area contributed by atoms with Crippen LogP contribution in [0.5, 0.6) is 5.75 Å². The zero-order valence-electron chi connectivity index (χ0n) is 14.7. The van der Waals surface area contributed by atoms with Crippen LogP contribution in [0.15, 0.2) is 30.5 Å². The smallest absolute Gasteiger partial charge is 0.223 e. The summed E-state index contributed by atoms with van der Waals surface area (Å²) in [4.78, 5) is 12.3. The summed E-state index contributed by atoms with van der Waals surface area (Å²) in [6.07, 6.45) is 8.31. The minimum absolute atomic E-state index is 0.114. The normalized spacial score (nSPS) is 19.8. The van der Waals surface area contributed by atoms with Crippen LogP contribution in [0, 0.1) is 5.92 Å². The number of fused-ring (bicyclic) bond motifs is 1. The van der Waals surface area contributed by atoms with Gasteiger partial charge in [-0.15, -0.1) is 0 Å². The van der Waals surface area contributed by atoms with Gasteiger partial charge in [-0.25, -0.2) is 0 Å². The van der Waals surface area contributed by atoms with E-state index in [0.29, 0.717) is 6.54 Å². The van der Waals surface area contributed by atoms with Crippen LogP contribution in [-0.2, 0) is 17.8 Å². The van der Waals surface area contributed by atoms with E-state index in [1.165, 1.54) is 17.7 Å². The van der Waals surface area contributed by atoms with Crippen molar-refractivity contribution < 1.29 is 9.53 Å². The van der Waals surface area contributed by atoms with Gasteiger partial charge in [0.2, 0.25) is 5.91 Å². The molecule has 1 N–H and O–H groups in total. The molecule has 0 spiro atoms. The standard InChI is InChI=1S/C20H25N3O2/c1-25-19-11-3-2-6-15(19)13-23-18-10-5-9-17(16(18)12-21-23)22-20(24)14-7-4-8-14/h2-3,6,11-12,14,17H,4-5,7-10,13H2,1H3,(H,22,24)/t17-/m0/s1. The molecule has 2 aliphatic carbocycles. The molecule has 0 bridgehead atoms. The number of benzene rings is 1. The molecule has 1 saturated carbocycles. The number of amides is 1. The van der Waals surface area contributed by atoms with Crippen molar-refractivity contribution in [2.24, 2.45) is 5.92 Å². The molecular weight excluding hydrogens is 314 g/mol. The molecule has 25 heavy (non-hydrogen) atoms. The fraction of sp³-hybridized carbons (Fsp3) is 0.500. The van der Waals surface area contributed by atoms with Crippen LogP contribution in [-0.4, -0.2) is 22.8 Å². The number of carbonyl (C=O) groups is 1. The summed E-state index contributed by atoms with van der Waals surface area (Å²) < 4.78 is 7.52. The number of aromatic nitrogens is 2. The molecule has 5 nitrogen and oxygen atoms in total. The highest BCUT2D eigenvalue weighted by atomic mass is 16.5. The highest BCUT2D eigenvalue weighted by Crippen LogP contribution is 2.33. The van der Waals surface area contributed by atoms with Crippen molar-refractivity contribution in [3.8, 4) is 5.75 Å². The molecule has 0 aliphatic heterocycles. The molecule has 1 atom stereocenters. The van der Waals surface area contributed by atoms with E-state index in [1.807, 2.05) is 24.4 Å². The lowest BCUT2D eigenvalue weighted by atomic mass is 9.84. The Kier molecular flexibility index (Phi) is 4.47. The summed E-state index contributed by atoms with van der Waals surface area (Å²) in [7, 11) is 1.70. The van der Waals surface area contributed by atoms with Crippen molar-refractivity contribution in [1.82, 2.24) is 15.1 Å². The van der Waals surface area contributed by atoms with Crippen LogP contribution in [0.1, 0.15) is 55.0 Å². The minimum atomic E-state index is 0.114. The third kappa shape index (κ3) is 3.15. The summed E-state index contributed by atoms with van der Waals surface area (Å²) in [5.74, 6) is 1.34. The summed E-state index contributed by atoms with van der Waals surface area (Å²) >= 11 is 0. The van der Waals surface area contributed by atoms with Gasteiger partial charge in [-0.05, 0) is 38.2 Å². The molecule has 1 amide bonds. The Bertz CT molecular complexity index is 764. The van der Waals surface area contributed by atoms with Crippen LogP contribution in [0.25, 0.3) is 0 Å². The van der Waals surface area contributed by atoms with Crippen molar-refractivity contribution in [2.75, 3.05) is 7.11 Å². The molecule has 1 aromatic carbocycles. The van der Waals surface area contributed by atoms with E-state index in [1.54, 1.807) is 7.11 Å². The average Bonchev–Trinajstić information content (AvgIpc) is 2.98. The Morgan fingerprint density at radius 2 is 2.12 bits per heavy atom. The van der Waals surface area contributed by atoms with Crippen LogP contribution in [0.4, 0.5) is 0 Å². The molecule has 5 heteroatoms. The van der Waals surface area contributed by atoms with Gasteiger partial charge in [0.05, 0.1) is 25.9 Å². The summed E-state index contributed by atoms with van der Waals surface area (Å²) in [5.41, 5.74) is 3.56. The Morgan fingerprint density at radius 1 is 1.28 bits per heavy atom. The van der Waals surface area contributed by atoms with Gasteiger partial charge >= 0.3 is 0 Å². The van der Waals surface area contributed by atoms with Gasteiger partial charge in [0.15, 0.2) is 0 Å². The molecule has 0 radical (unpaired) electrons. The van der Waals surface area contributed by atoms with Crippen molar-refractivity contribution in [3.05, 3.63) is 47.3 Å². The van der Waals surface area contributed by atoms with Crippen LogP contribution in [0.2, 0.25) is 0 Å². The fourth-order valence-corrected chi connectivity index (χ4v) is 3.86. The monoisotopic (exact) mass is 339 g/mol. The lowest BCUT2D eigenvalue weighted by Gasteiger charge is -2.29. The topological polar surface area (TPSA) is 56.1 Å². The maximum atomic E-state index is 12.3. The van der Waals surface area contributed by atoms with Crippen LogP contribution >= 0.6 is 0 Å². The molecule has 0 saturated heterocycles. The zero-order chi connectivity index (χ0) is 17.2.